The summed E-state index contributed by atoms with van der Waals surface area (Å²) in [6, 6.07) is 6.08. The molecule has 0 radical (unpaired) electrons. The van der Waals surface area contributed by atoms with Crippen LogP contribution in [-0.2, 0) is 24.1 Å². The lowest BCUT2D eigenvalue weighted by molar-refractivity contribution is 0.0640. The molecule has 0 amide bonds. The van der Waals surface area contributed by atoms with Crippen LogP contribution in [-0.4, -0.2) is 75.2 Å². The van der Waals surface area contributed by atoms with E-state index < -0.39 is 14.6 Å². The molecule has 1 unspecified atom stereocenters. The van der Waals surface area contributed by atoms with Crippen LogP contribution in [0.25, 0.3) is 22.3 Å². The van der Waals surface area contributed by atoms with Crippen molar-refractivity contribution in [1.82, 2.24) is 15.0 Å². The molecule has 2 aromatic heterocycles. The van der Waals surface area contributed by atoms with E-state index in [1.54, 1.807) is 0 Å². The van der Waals surface area contributed by atoms with Crippen molar-refractivity contribution < 1.29 is 22.6 Å². The van der Waals surface area contributed by atoms with Gasteiger partial charge in [0.05, 0.1) is 19.3 Å². The topological polar surface area (TPSA) is 107 Å². The van der Waals surface area contributed by atoms with E-state index in [1.165, 1.54) is 6.26 Å². The van der Waals surface area contributed by atoms with Crippen LogP contribution in [0.5, 0.6) is 5.75 Å². The lowest BCUT2D eigenvalue weighted by Crippen LogP contribution is -2.52. The van der Waals surface area contributed by atoms with Gasteiger partial charge in [-0.3, -0.25) is 0 Å². The molecule has 180 valence electrons. The van der Waals surface area contributed by atoms with Crippen LogP contribution in [0.15, 0.2) is 24.4 Å². The summed E-state index contributed by atoms with van der Waals surface area (Å²) < 4.78 is 42.9. The second-order valence-electron chi connectivity index (χ2n) is 9.36. The van der Waals surface area contributed by atoms with E-state index >= 15 is 0 Å². The van der Waals surface area contributed by atoms with Gasteiger partial charge in [0.1, 0.15) is 17.0 Å². The Kier molecular flexibility index (Phi) is 5.09. The fourth-order valence-electron chi connectivity index (χ4n) is 5.43. The molecule has 0 saturated carbocycles. The molecular formula is C24H28N4O5S. The molecule has 2 saturated heterocycles. The highest BCUT2D eigenvalue weighted by Crippen LogP contribution is 2.48. The van der Waals surface area contributed by atoms with Gasteiger partial charge in [-0.25, -0.2) is 18.4 Å². The smallest absolute Gasteiger partial charge is 0.185 e. The number of sulfone groups is 1. The molecule has 3 aromatic rings. The van der Waals surface area contributed by atoms with Gasteiger partial charge in [0.25, 0.3) is 0 Å². The molecule has 1 atom stereocenters. The predicted octanol–water partition coefficient (Wildman–Crippen LogP) is 2.58. The van der Waals surface area contributed by atoms with Crippen LogP contribution in [0.2, 0.25) is 0 Å². The maximum absolute atomic E-state index is 13.3. The number of rotatable bonds is 3. The largest absolute Gasteiger partial charge is 0.486 e. The van der Waals surface area contributed by atoms with E-state index in [1.807, 2.05) is 24.4 Å². The Balaban J connectivity index is 1.64. The molecule has 0 aliphatic carbocycles. The number of hydrogen-bond acceptors (Lipinski definition) is 8. The number of benzene rings is 1. The van der Waals surface area contributed by atoms with Gasteiger partial charge in [0, 0.05) is 48.7 Å². The summed E-state index contributed by atoms with van der Waals surface area (Å²) in [6.07, 6.45) is 3.86. The monoisotopic (exact) mass is 484 g/mol. The molecule has 5 heterocycles. The van der Waals surface area contributed by atoms with Crippen molar-refractivity contribution in [3.63, 3.8) is 0 Å². The van der Waals surface area contributed by atoms with Crippen molar-refractivity contribution in [2.75, 3.05) is 50.7 Å². The number of aromatic nitrogens is 3. The van der Waals surface area contributed by atoms with E-state index in [-0.39, 0.29) is 6.04 Å². The Labute approximate surface area is 198 Å². The maximum atomic E-state index is 13.3. The zero-order chi connectivity index (χ0) is 23.5. The Bertz CT molecular complexity index is 1360. The van der Waals surface area contributed by atoms with Gasteiger partial charge in [-0.1, -0.05) is 12.1 Å². The average molecular weight is 485 g/mol. The van der Waals surface area contributed by atoms with Gasteiger partial charge < -0.3 is 24.1 Å². The number of anilines is 1. The minimum absolute atomic E-state index is 0.0334. The number of fused-ring (bicyclic) bond motifs is 4. The third-order valence-corrected chi connectivity index (χ3v) is 9.40. The summed E-state index contributed by atoms with van der Waals surface area (Å²) in [7, 11) is -3.54. The summed E-state index contributed by atoms with van der Waals surface area (Å²) in [6.45, 7) is 4.97. The highest BCUT2D eigenvalue weighted by Gasteiger charge is 2.50. The molecule has 1 aromatic carbocycles. The van der Waals surface area contributed by atoms with Crippen molar-refractivity contribution in [2.45, 2.75) is 30.6 Å². The first kappa shape index (κ1) is 21.8. The molecule has 0 spiro atoms. The Morgan fingerprint density at radius 3 is 2.71 bits per heavy atom. The SMILES string of the molecule is Cc1ccc(-c2nc3c(c(C4(S(C)(=O)=O)CCOCC4)n2)OCC2COCCN32)c2cc[nH]c12. The van der Waals surface area contributed by atoms with Crippen molar-refractivity contribution in [2.24, 2.45) is 0 Å². The second kappa shape index (κ2) is 7.93. The molecule has 6 rings (SSSR count). The minimum atomic E-state index is -3.54. The fraction of sp³-hybridized carbons (Fsp3) is 0.500. The van der Waals surface area contributed by atoms with E-state index in [2.05, 4.69) is 16.8 Å². The average Bonchev–Trinajstić information content (AvgIpc) is 3.34. The number of aryl methyl sites for hydroxylation is 1. The zero-order valence-corrected chi connectivity index (χ0v) is 20.2. The maximum Gasteiger partial charge on any atom is 0.185 e. The summed E-state index contributed by atoms with van der Waals surface area (Å²) in [4.78, 5) is 15.4. The summed E-state index contributed by atoms with van der Waals surface area (Å²) in [5.74, 6) is 1.63. The molecule has 1 N–H and O–H groups in total. The molecule has 10 heteroatoms. The lowest BCUT2D eigenvalue weighted by Gasteiger charge is -2.43. The molecule has 34 heavy (non-hydrogen) atoms. The van der Waals surface area contributed by atoms with Gasteiger partial charge >= 0.3 is 0 Å². The Morgan fingerprint density at radius 2 is 1.91 bits per heavy atom. The van der Waals surface area contributed by atoms with Gasteiger partial charge in [0.2, 0.25) is 0 Å². The normalized spacial score (nSPS) is 22.2. The fourth-order valence-corrected chi connectivity index (χ4v) is 6.83. The van der Waals surface area contributed by atoms with E-state index in [9.17, 15) is 8.42 Å². The highest BCUT2D eigenvalue weighted by atomic mass is 32.2. The Hall–Kier alpha value is -2.69. The predicted molar refractivity (Wildman–Crippen MR) is 128 cm³/mol. The molecule has 3 aliphatic heterocycles. The van der Waals surface area contributed by atoms with Crippen LogP contribution in [0.3, 0.4) is 0 Å². The first-order valence-corrected chi connectivity index (χ1v) is 13.5. The van der Waals surface area contributed by atoms with Crippen molar-refractivity contribution in [1.29, 1.82) is 0 Å². The zero-order valence-electron chi connectivity index (χ0n) is 19.3. The summed E-state index contributed by atoms with van der Waals surface area (Å²) in [5.41, 5.74) is 3.45. The van der Waals surface area contributed by atoms with E-state index in [0.29, 0.717) is 75.5 Å². The molecule has 3 aliphatic rings. The summed E-state index contributed by atoms with van der Waals surface area (Å²) >= 11 is 0. The third-order valence-electron chi connectivity index (χ3n) is 7.38. The first-order chi connectivity index (χ1) is 16.4. The molecule has 9 nitrogen and oxygen atoms in total. The van der Waals surface area contributed by atoms with Crippen LogP contribution in [0.4, 0.5) is 5.82 Å². The van der Waals surface area contributed by atoms with Crippen LogP contribution in [0, 0.1) is 6.92 Å². The number of hydrogen-bond donors (Lipinski definition) is 1. The molecular weight excluding hydrogens is 456 g/mol. The highest BCUT2D eigenvalue weighted by molar-refractivity contribution is 7.91. The van der Waals surface area contributed by atoms with Crippen LogP contribution < -0.4 is 9.64 Å². The quantitative estimate of drug-likeness (QED) is 0.605. The second-order valence-corrected chi connectivity index (χ2v) is 11.7. The number of ether oxygens (including phenoxy) is 3. The van der Waals surface area contributed by atoms with Crippen molar-refractivity contribution in [3.05, 3.63) is 35.7 Å². The van der Waals surface area contributed by atoms with E-state index in [4.69, 9.17) is 24.2 Å². The minimum Gasteiger partial charge on any atom is -0.486 e. The summed E-state index contributed by atoms with van der Waals surface area (Å²) in [5, 5.41) is 1.00. The Morgan fingerprint density at radius 1 is 1.09 bits per heavy atom. The third kappa shape index (κ3) is 3.23. The van der Waals surface area contributed by atoms with Crippen LogP contribution >= 0.6 is 0 Å². The van der Waals surface area contributed by atoms with Crippen LogP contribution in [0.1, 0.15) is 24.1 Å². The molecule has 0 bridgehead atoms. The van der Waals surface area contributed by atoms with Gasteiger partial charge in [-0.15, -0.1) is 0 Å². The number of nitrogens with zero attached hydrogens (tertiary/aromatic N) is 3. The van der Waals surface area contributed by atoms with Gasteiger partial charge in [0.15, 0.2) is 27.2 Å². The molecule has 2 fully saturated rings. The lowest BCUT2D eigenvalue weighted by atomic mass is 9.93. The standard InChI is InChI=1S/C24H28N4O5S/c1-15-3-4-18(17-5-8-25-19(15)17)22-26-21(24(34(2,29)30)6-10-31-11-7-24)20-23(27-22)28-9-12-32-13-16(28)14-33-20/h3-5,8,16,25H,6-7,9-14H2,1-2H3. The van der Waals surface area contributed by atoms with Gasteiger partial charge in [-0.2, -0.15) is 0 Å². The van der Waals surface area contributed by atoms with Crippen molar-refractivity contribution >= 4 is 26.6 Å². The van der Waals surface area contributed by atoms with E-state index in [0.717, 1.165) is 22.0 Å². The first-order valence-electron chi connectivity index (χ1n) is 11.6. The van der Waals surface area contributed by atoms with Crippen molar-refractivity contribution in [3.8, 4) is 17.1 Å². The number of H-pyrrole nitrogens is 1. The number of aromatic amines is 1. The van der Waals surface area contributed by atoms with Gasteiger partial charge in [-0.05, 0) is 31.4 Å². The number of morpholine rings is 1. The number of nitrogens with one attached hydrogen (secondary N) is 1.